The molecule has 0 bridgehead atoms. The number of rotatable bonds is 6. The molecular weight excluding hydrogens is 738 g/mol. The summed E-state index contributed by atoms with van der Waals surface area (Å²) in [5.41, 5.74) is 11.3. The SMILES string of the molecule is O=P1(c2ccccc2)c2ccc(-n3c4ccccc4c4ccccc43)cc2-c2c(N(c3ccccc3)c3ccccc3)ccc(-n3c4ccccc4c4ccccc43)c21. The molecule has 1 atom stereocenters. The van der Waals surface area contributed by atoms with Crippen LogP contribution in [0.1, 0.15) is 0 Å². The molecule has 0 amide bonds. The minimum Gasteiger partial charge on any atom is -0.310 e. The Morgan fingerprint density at radius 1 is 0.407 bits per heavy atom. The van der Waals surface area contributed by atoms with Crippen molar-refractivity contribution in [2.75, 3.05) is 4.90 Å². The van der Waals surface area contributed by atoms with Gasteiger partial charge in [0.1, 0.15) is 0 Å². The van der Waals surface area contributed by atoms with Gasteiger partial charge in [0.2, 0.25) is 0 Å². The Morgan fingerprint density at radius 3 is 1.36 bits per heavy atom. The Balaban J connectivity index is 1.26. The maximum Gasteiger partial charge on any atom is 0.174 e. The zero-order valence-corrected chi connectivity index (χ0v) is 32.9. The van der Waals surface area contributed by atoms with E-state index in [-0.39, 0.29) is 0 Å². The van der Waals surface area contributed by atoms with Crippen molar-refractivity contribution >= 4 is 83.7 Å². The molecule has 9 aromatic carbocycles. The first-order valence-corrected chi connectivity index (χ1v) is 21.8. The van der Waals surface area contributed by atoms with E-state index in [0.717, 1.165) is 88.3 Å². The van der Waals surface area contributed by atoms with Gasteiger partial charge < -0.3 is 18.6 Å². The van der Waals surface area contributed by atoms with Crippen molar-refractivity contribution in [3.05, 3.63) is 218 Å². The quantitative estimate of drug-likeness (QED) is 0.158. The fraction of sp³-hybridized carbons (Fsp3) is 0. The van der Waals surface area contributed by atoms with Crippen LogP contribution in [0.5, 0.6) is 0 Å². The third-order valence-corrected chi connectivity index (χ3v) is 15.3. The van der Waals surface area contributed by atoms with Crippen molar-refractivity contribution in [1.82, 2.24) is 9.13 Å². The fourth-order valence-corrected chi connectivity index (χ4v) is 12.9. The van der Waals surface area contributed by atoms with Crippen molar-refractivity contribution < 1.29 is 4.57 Å². The summed E-state index contributed by atoms with van der Waals surface area (Å²) in [6.07, 6.45) is 0. The first kappa shape index (κ1) is 33.7. The van der Waals surface area contributed by atoms with E-state index in [4.69, 9.17) is 0 Å². The smallest absolute Gasteiger partial charge is 0.174 e. The molecule has 0 aliphatic carbocycles. The van der Waals surface area contributed by atoms with Gasteiger partial charge in [-0.15, -0.1) is 0 Å². The van der Waals surface area contributed by atoms with Gasteiger partial charge in [-0.05, 0) is 84.4 Å². The van der Waals surface area contributed by atoms with Crippen LogP contribution in [0.4, 0.5) is 17.1 Å². The number of benzene rings is 9. The number of aromatic nitrogens is 2. The Bertz CT molecular complexity index is 3330. The van der Waals surface area contributed by atoms with Crippen LogP contribution in [-0.4, -0.2) is 9.13 Å². The van der Waals surface area contributed by atoms with Gasteiger partial charge in [-0.2, -0.15) is 0 Å². The van der Waals surface area contributed by atoms with Crippen LogP contribution < -0.4 is 20.8 Å². The summed E-state index contributed by atoms with van der Waals surface area (Å²) < 4.78 is 21.8. The van der Waals surface area contributed by atoms with Crippen molar-refractivity contribution in [2.45, 2.75) is 0 Å². The average Bonchev–Trinajstić information content (AvgIpc) is 3.92. The molecule has 0 saturated carbocycles. The summed E-state index contributed by atoms with van der Waals surface area (Å²) in [6, 6.07) is 76.7. The summed E-state index contributed by atoms with van der Waals surface area (Å²) in [4.78, 5) is 2.33. The number of para-hydroxylation sites is 6. The molecule has 1 unspecified atom stereocenters. The molecule has 4 nitrogen and oxygen atoms in total. The topological polar surface area (TPSA) is 30.2 Å². The predicted octanol–water partition coefficient (Wildman–Crippen LogP) is 13.0. The van der Waals surface area contributed by atoms with E-state index in [0.29, 0.717) is 0 Å². The van der Waals surface area contributed by atoms with Gasteiger partial charge in [-0.1, -0.05) is 140 Å². The predicted molar refractivity (Wildman–Crippen MR) is 248 cm³/mol. The highest BCUT2D eigenvalue weighted by atomic mass is 31.2. The van der Waals surface area contributed by atoms with Crippen LogP contribution in [-0.2, 0) is 4.57 Å². The molecule has 2 aromatic heterocycles. The van der Waals surface area contributed by atoms with Crippen LogP contribution in [0.15, 0.2) is 218 Å². The summed E-state index contributed by atoms with van der Waals surface area (Å²) >= 11 is 0. The third kappa shape index (κ3) is 4.88. The second-order valence-corrected chi connectivity index (χ2v) is 17.9. The lowest BCUT2D eigenvalue weighted by Crippen LogP contribution is -2.24. The van der Waals surface area contributed by atoms with Gasteiger partial charge in [-0.25, -0.2) is 0 Å². The highest BCUT2D eigenvalue weighted by molar-refractivity contribution is 7.86. The number of fused-ring (bicyclic) bond motifs is 9. The Hall–Kier alpha value is -7.39. The Labute approximate surface area is 341 Å². The number of nitrogens with zero attached hydrogens (tertiary/aromatic N) is 3. The molecule has 3 heterocycles. The van der Waals surface area contributed by atoms with Crippen molar-refractivity contribution in [3.8, 4) is 22.5 Å². The number of anilines is 3. The molecule has 5 heteroatoms. The highest BCUT2D eigenvalue weighted by Gasteiger charge is 2.45. The minimum absolute atomic E-state index is 0.815. The monoisotopic (exact) mass is 773 g/mol. The van der Waals surface area contributed by atoms with Gasteiger partial charge in [0.15, 0.2) is 7.14 Å². The fourth-order valence-electron chi connectivity index (χ4n) is 9.65. The zero-order chi connectivity index (χ0) is 39.1. The van der Waals surface area contributed by atoms with Crippen LogP contribution in [0.25, 0.3) is 66.1 Å². The molecule has 0 fully saturated rings. The molecule has 1 aliphatic rings. The van der Waals surface area contributed by atoms with E-state index >= 15 is 4.57 Å². The van der Waals surface area contributed by atoms with Crippen molar-refractivity contribution in [3.63, 3.8) is 0 Å². The molecule has 0 saturated heterocycles. The van der Waals surface area contributed by atoms with Crippen LogP contribution in [0, 0.1) is 0 Å². The molecule has 12 rings (SSSR count). The minimum atomic E-state index is -3.54. The number of hydrogen-bond donors (Lipinski definition) is 0. The maximum atomic E-state index is 17.1. The normalized spacial score (nSPS) is 14.6. The van der Waals surface area contributed by atoms with Crippen LogP contribution >= 0.6 is 7.14 Å². The number of hydrogen-bond acceptors (Lipinski definition) is 2. The summed E-state index contributed by atoms with van der Waals surface area (Å²) in [5.74, 6) is 0. The lowest BCUT2D eigenvalue weighted by molar-refractivity contribution is 0.593. The van der Waals surface area contributed by atoms with Crippen LogP contribution in [0.3, 0.4) is 0 Å². The first-order chi connectivity index (χ1) is 29.2. The van der Waals surface area contributed by atoms with E-state index < -0.39 is 7.14 Å². The zero-order valence-electron chi connectivity index (χ0n) is 32.0. The van der Waals surface area contributed by atoms with E-state index in [1.54, 1.807) is 0 Å². The van der Waals surface area contributed by atoms with E-state index in [2.05, 4.69) is 214 Å². The van der Waals surface area contributed by atoms with Gasteiger partial charge in [-0.3, -0.25) is 0 Å². The summed E-state index contributed by atoms with van der Waals surface area (Å²) in [6.45, 7) is 0. The van der Waals surface area contributed by atoms with E-state index in [1.165, 1.54) is 10.8 Å². The average molecular weight is 774 g/mol. The molecule has 59 heavy (non-hydrogen) atoms. The van der Waals surface area contributed by atoms with Crippen molar-refractivity contribution in [2.24, 2.45) is 0 Å². The molecule has 278 valence electrons. The summed E-state index contributed by atoms with van der Waals surface area (Å²) in [7, 11) is -3.54. The van der Waals surface area contributed by atoms with E-state index in [9.17, 15) is 0 Å². The molecule has 11 aromatic rings. The summed E-state index contributed by atoms with van der Waals surface area (Å²) in [5, 5.41) is 7.23. The molecule has 0 spiro atoms. The largest absolute Gasteiger partial charge is 0.310 e. The maximum absolute atomic E-state index is 17.1. The van der Waals surface area contributed by atoms with Gasteiger partial charge in [0.05, 0.1) is 38.7 Å². The highest BCUT2D eigenvalue weighted by Crippen LogP contribution is 2.58. The second kappa shape index (κ2) is 13.1. The molecular formula is C54H36N3OP. The van der Waals surface area contributed by atoms with Crippen molar-refractivity contribution in [1.29, 1.82) is 0 Å². The van der Waals surface area contributed by atoms with Crippen LogP contribution in [0.2, 0.25) is 0 Å². The van der Waals surface area contributed by atoms with Gasteiger partial charge >= 0.3 is 0 Å². The lowest BCUT2D eigenvalue weighted by Gasteiger charge is -2.29. The standard InChI is InChI=1S/C54H36N3OP/c58-59(40-22-8-3-9-23-40)52-35-32-39(56-46-28-14-10-24-41(46)42-25-11-15-29-47(42)56)36-45(52)53-50(55(37-18-4-1-5-19-37)38-20-6-2-7-21-38)33-34-51(54(53)59)57-48-30-16-12-26-43(48)44-27-13-17-31-49(44)57/h1-36H. The molecule has 0 N–H and O–H groups in total. The second-order valence-electron chi connectivity index (χ2n) is 15.2. The third-order valence-electron chi connectivity index (χ3n) is 12.1. The molecule has 0 radical (unpaired) electrons. The molecule has 1 aliphatic heterocycles. The van der Waals surface area contributed by atoms with Gasteiger partial charge in [0.25, 0.3) is 0 Å². The van der Waals surface area contributed by atoms with Gasteiger partial charge in [0, 0.05) is 54.8 Å². The Morgan fingerprint density at radius 2 is 0.847 bits per heavy atom. The lowest BCUT2D eigenvalue weighted by atomic mass is 10.00. The first-order valence-electron chi connectivity index (χ1n) is 20.1. The Kier molecular flexibility index (Phi) is 7.47. The van der Waals surface area contributed by atoms with E-state index in [1.807, 2.05) is 18.2 Å².